The van der Waals surface area contributed by atoms with Crippen LogP contribution in [-0.2, 0) is 6.42 Å². The number of hydrogen-bond acceptors (Lipinski definition) is 3. The topological polar surface area (TPSA) is 70.4 Å². The summed E-state index contributed by atoms with van der Waals surface area (Å²) in [4.78, 5) is 14.4. The van der Waals surface area contributed by atoms with E-state index in [2.05, 4.69) is 4.98 Å². The molecule has 0 saturated heterocycles. The summed E-state index contributed by atoms with van der Waals surface area (Å²) in [7, 11) is 0. The van der Waals surface area contributed by atoms with Crippen molar-refractivity contribution in [2.75, 3.05) is 0 Å². The quantitative estimate of drug-likeness (QED) is 0.777. The van der Waals surface area contributed by atoms with Gasteiger partial charge >= 0.3 is 12.1 Å². The minimum Gasteiger partial charge on any atom is -0.477 e. The van der Waals surface area contributed by atoms with Crippen molar-refractivity contribution in [1.82, 2.24) is 4.98 Å². The van der Waals surface area contributed by atoms with Crippen LogP contribution in [0.1, 0.15) is 27.5 Å². The first kappa shape index (κ1) is 19.1. The monoisotopic (exact) mass is 377 g/mol. The highest BCUT2D eigenvalue weighted by Crippen LogP contribution is 2.37. The maximum atomic E-state index is 13.2. The summed E-state index contributed by atoms with van der Waals surface area (Å²) in [5, 5.41) is 18.2. The molecule has 2 atom stereocenters. The smallest absolute Gasteiger partial charge is 0.414 e. The molecule has 0 aliphatic heterocycles. The molecule has 0 bridgehead atoms. The third-order valence-electron chi connectivity index (χ3n) is 3.58. The summed E-state index contributed by atoms with van der Waals surface area (Å²) in [6.45, 7) is 0. The Bertz CT molecular complexity index is 765. The number of rotatable bonds is 5. The standard InChI is InChI=1S/C16H12ClF4NO3/c17-12-6-9(18)2-3-10(12)11(14(23)16(19,20)21)5-8-1-4-13(15(24)25)22-7-8/h1-4,6-7,11,14,23H,5H2,(H,24,25). The van der Waals surface area contributed by atoms with Crippen LogP contribution in [0.2, 0.25) is 5.02 Å². The molecule has 2 aromatic rings. The number of carbonyl (C=O) groups is 1. The highest BCUT2D eigenvalue weighted by molar-refractivity contribution is 6.31. The summed E-state index contributed by atoms with van der Waals surface area (Å²) in [6.07, 6.45) is -6.87. The molecule has 0 aliphatic carbocycles. The average molecular weight is 378 g/mol. The molecule has 9 heteroatoms. The second-order valence-electron chi connectivity index (χ2n) is 5.32. The largest absolute Gasteiger partial charge is 0.477 e. The highest BCUT2D eigenvalue weighted by atomic mass is 35.5. The van der Waals surface area contributed by atoms with Crippen molar-refractivity contribution in [3.05, 3.63) is 64.2 Å². The number of alkyl halides is 3. The number of benzene rings is 1. The first-order chi connectivity index (χ1) is 11.6. The van der Waals surface area contributed by atoms with Crippen LogP contribution in [0.15, 0.2) is 36.5 Å². The van der Waals surface area contributed by atoms with E-state index in [1.807, 2.05) is 0 Å². The molecular formula is C16H12ClF4NO3. The number of aromatic nitrogens is 1. The van der Waals surface area contributed by atoms with Gasteiger partial charge in [0.25, 0.3) is 0 Å². The molecule has 134 valence electrons. The van der Waals surface area contributed by atoms with Gasteiger partial charge < -0.3 is 10.2 Å². The molecule has 25 heavy (non-hydrogen) atoms. The average Bonchev–Trinajstić information content (AvgIpc) is 2.52. The van der Waals surface area contributed by atoms with Crippen molar-refractivity contribution < 1.29 is 32.6 Å². The Morgan fingerprint density at radius 1 is 1.24 bits per heavy atom. The number of carboxylic acid groups (broad SMARTS) is 1. The fourth-order valence-corrected chi connectivity index (χ4v) is 2.66. The van der Waals surface area contributed by atoms with E-state index in [9.17, 15) is 27.5 Å². The molecule has 1 aromatic heterocycles. The summed E-state index contributed by atoms with van der Waals surface area (Å²) < 4.78 is 52.2. The second kappa shape index (κ2) is 7.37. The number of halogens is 5. The Balaban J connectivity index is 2.39. The zero-order valence-corrected chi connectivity index (χ0v) is 13.2. The lowest BCUT2D eigenvalue weighted by Crippen LogP contribution is -2.35. The summed E-state index contributed by atoms with van der Waals surface area (Å²) >= 11 is 5.84. The first-order valence-corrected chi connectivity index (χ1v) is 7.35. The lowest BCUT2D eigenvalue weighted by Gasteiger charge is -2.26. The first-order valence-electron chi connectivity index (χ1n) is 6.97. The maximum Gasteiger partial charge on any atom is 0.414 e. The van der Waals surface area contributed by atoms with Gasteiger partial charge in [-0.3, -0.25) is 0 Å². The van der Waals surface area contributed by atoms with Gasteiger partial charge in [0.1, 0.15) is 11.5 Å². The van der Waals surface area contributed by atoms with Crippen molar-refractivity contribution in [2.45, 2.75) is 24.6 Å². The molecule has 2 unspecified atom stereocenters. The van der Waals surface area contributed by atoms with Gasteiger partial charge in [0, 0.05) is 17.1 Å². The number of nitrogens with zero attached hydrogens (tertiary/aromatic N) is 1. The van der Waals surface area contributed by atoms with Crippen molar-refractivity contribution in [1.29, 1.82) is 0 Å². The van der Waals surface area contributed by atoms with Crippen LogP contribution in [-0.4, -0.2) is 33.4 Å². The SMILES string of the molecule is O=C(O)c1ccc(CC(c2ccc(F)cc2Cl)C(O)C(F)(F)F)cn1. The van der Waals surface area contributed by atoms with Gasteiger partial charge in [-0.25, -0.2) is 14.2 Å². The van der Waals surface area contributed by atoms with Gasteiger partial charge in [-0.05, 0) is 35.7 Å². The Hall–Kier alpha value is -2.19. The third kappa shape index (κ3) is 4.67. The van der Waals surface area contributed by atoms with Gasteiger partial charge in [-0.1, -0.05) is 23.7 Å². The van der Waals surface area contributed by atoms with E-state index in [0.29, 0.717) is 0 Å². The van der Waals surface area contributed by atoms with Gasteiger partial charge in [-0.2, -0.15) is 13.2 Å². The van der Waals surface area contributed by atoms with E-state index >= 15 is 0 Å². The van der Waals surface area contributed by atoms with Crippen LogP contribution in [0, 0.1) is 5.82 Å². The van der Waals surface area contributed by atoms with Crippen molar-refractivity contribution >= 4 is 17.6 Å². The molecule has 4 nitrogen and oxygen atoms in total. The van der Waals surface area contributed by atoms with Crippen LogP contribution in [0.25, 0.3) is 0 Å². The van der Waals surface area contributed by atoms with Gasteiger partial charge in [0.15, 0.2) is 6.10 Å². The summed E-state index contributed by atoms with van der Waals surface area (Å²) in [5.74, 6) is -3.51. The van der Waals surface area contributed by atoms with Crippen molar-refractivity contribution in [3.8, 4) is 0 Å². The van der Waals surface area contributed by atoms with Crippen LogP contribution in [0.4, 0.5) is 17.6 Å². The van der Waals surface area contributed by atoms with E-state index in [1.54, 1.807) is 0 Å². The van der Waals surface area contributed by atoms with E-state index in [0.717, 1.165) is 30.5 Å². The van der Waals surface area contributed by atoms with E-state index < -0.39 is 30.0 Å². The molecule has 0 amide bonds. The van der Waals surface area contributed by atoms with Crippen LogP contribution >= 0.6 is 11.6 Å². The fourth-order valence-electron chi connectivity index (χ4n) is 2.35. The molecule has 0 aliphatic rings. The van der Waals surface area contributed by atoms with Gasteiger partial charge in [0.2, 0.25) is 0 Å². The minimum absolute atomic E-state index is 0.0739. The Morgan fingerprint density at radius 3 is 2.40 bits per heavy atom. The summed E-state index contributed by atoms with van der Waals surface area (Å²) in [5.41, 5.74) is -0.0784. The fraction of sp³-hybridized carbons (Fsp3) is 0.250. The number of aliphatic hydroxyl groups excluding tert-OH is 1. The molecule has 0 spiro atoms. The molecule has 1 heterocycles. The zero-order chi connectivity index (χ0) is 18.8. The molecule has 0 saturated carbocycles. The van der Waals surface area contributed by atoms with Gasteiger partial charge in [-0.15, -0.1) is 0 Å². The van der Waals surface area contributed by atoms with E-state index in [-0.39, 0.29) is 28.3 Å². The Kier molecular flexibility index (Phi) is 5.64. The molecule has 2 rings (SSSR count). The normalized spacial score (nSPS) is 14.2. The number of aromatic carboxylic acids is 1. The zero-order valence-electron chi connectivity index (χ0n) is 12.5. The van der Waals surface area contributed by atoms with E-state index in [4.69, 9.17) is 16.7 Å². The van der Waals surface area contributed by atoms with Crippen molar-refractivity contribution in [3.63, 3.8) is 0 Å². The number of hydrogen-bond donors (Lipinski definition) is 2. The molecular weight excluding hydrogens is 366 g/mol. The maximum absolute atomic E-state index is 13.2. The van der Waals surface area contributed by atoms with Crippen LogP contribution in [0.5, 0.6) is 0 Å². The van der Waals surface area contributed by atoms with Crippen LogP contribution < -0.4 is 0 Å². The van der Waals surface area contributed by atoms with Crippen molar-refractivity contribution in [2.24, 2.45) is 0 Å². The number of carboxylic acids is 1. The van der Waals surface area contributed by atoms with Crippen LogP contribution in [0.3, 0.4) is 0 Å². The molecule has 2 N–H and O–H groups in total. The molecule has 1 aromatic carbocycles. The Morgan fingerprint density at radius 2 is 1.92 bits per heavy atom. The number of pyridine rings is 1. The highest BCUT2D eigenvalue weighted by Gasteiger charge is 2.44. The van der Waals surface area contributed by atoms with E-state index in [1.165, 1.54) is 6.07 Å². The Labute approximate surface area is 144 Å². The summed E-state index contributed by atoms with van der Waals surface area (Å²) in [6, 6.07) is 5.32. The lowest BCUT2D eigenvalue weighted by atomic mass is 9.87. The number of aliphatic hydroxyl groups is 1. The molecule has 0 fully saturated rings. The third-order valence-corrected chi connectivity index (χ3v) is 3.91. The molecule has 0 radical (unpaired) electrons. The second-order valence-corrected chi connectivity index (χ2v) is 5.73. The predicted molar refractivity (Wildman–Crippen MR) is 81.1 cm³/mol. The minimum atomic E-state index is -4.92. The lowest BCUT2D eigenvalue weighted by molar-refractivity contribution is -0.210. The predicted octanol–water partition coefficient (Wildman–Crippen LogP) is 3.82. The van der Waals surface area contributed by atoms with Gasteiger partial charge in [0.05, 0.1) is 0 Å².